The molecule has 7 heteroatoms. The summed E-state index contributed by atoms with van der Waals surface area (Å²) >= 11 is 0. The lowest BCUT2D eigenvalue weighted by molar-refractivity contribution is -0.138. The van der Waals surface area contributed by atoms with E-state index in [2.05, 4.69) is 10.1 Å². The molecule has 0 N–H and O–H groups in total. The molecule has 0 saturated carbocycles. The Balaban J connectivity index is 1.66. The van der Waals surface area contributed by atoms with Crippen LogP contribution in [0, 0.1) is 13.8 Å². The standard InChI is InChI=1S/C23H27N3O4/c1-6-19(29-20-12-7-15(2)13-16(20)3)23(27)26(4)14-21-24-22(25-30-21)17-8-10-18(28-5)11-9-17/h7-13,19H,6,14H2,1-5H3/t19-/m0/s1. The summed E-state index contributed by atoms with van der Waals surface area (Å²) in [6.45, 7) is 6.13. The predicted molar refractivity (Wildman–Crippen MR) is 113 cm³/mol. The second-order valence-corrected chi connectivity index (χ2v) is 7.22. The van der Waals surface area contributed by atoms with Crippen molar-refractivity contribution in [1.29, 1.82) is 0 Å². The Morgan fingerprint density at radius 3 is 2.53 bits per heavy atom. The van der Waals surface area contributed by atoms with Crippen molar-refractivity contribution in [1.82, 2.24) is 15.0 Å². The normalized spacial score (nSPS) is 11.8. The van der Waals surface area contributed by atoms with E-state index in [-0.39, 0.29) is 12.5 Å². The number of carbonyl (C=O) groups excluding carboxylic acids is 1. The number of benzene rings is 2. The first kappa shape index (κ1) is 21.4. The van der Waals surface area contributed by atoms with Crippen molar-refractivity contribution in [3.8, 4) is 22.9 Å². The van der Waals surface area contributed by atoms with Gasteiger partial charge in [0.1, 0.15) is 11.5 Å². The van der Waals surface area contributed by atoms with Crippen molar-refractivity contribution in [2.75, 3.05) is 14.2 Å². The number of rotatable bonds is 8. The van der Waals surface area contributed by atoms with Crippen molar-refractivity contribution < 1.29 is 18.8 Å². The van der Waals surface area contributed by atoms with Crippen molar-refractivity contribution >= 4 is 5.91 Å². The molecule has 0 aliphatic carbocycles. The van der Waals surface area contributed by atoms with Gasteiger partial charge in [-0.1, -0.05) is 29.8 Å². The molecule has 7 nitrogen and oxygen atoms in total. The summed E-state index contributed by atoms with van der Waals surface area (Å²) in [7, 11) is 3.31. The minimum Gasteiger partial charge on any atom is -0.497 e. The highest BCUT2D eigenvalue weighted by molar-refractivity contribution is 5.81. The van der Waals surface area contributed by atoms with Crippen molar-refractivity contribution in [2.24, 2.45) is 0 Å². The second-order valence-electron chi connectivity index (χ2n) is 7.22. The van der Waals surface area contributed by atoms with Crippen LogP contribution in [0.3, 0.4) is 0 Å². The molecule has 0 fully saturated rings. The summed E-state index contributed by atoms with van der Waals surface area (Å²) in [6, 6.07) is 13.3. The van der Waals surface area contributed by atoms with Crippen molar-refractivity contribution in [3.05, 3.63) is 59.5 Å². The molecular formula is C23H27N3O4. The molecule has 0 spiro atoms. The summed E-state index contributed by atoms with van der Waals surface area (Å²) in [5.74, 6) is 2.16. The average molecular weight is 409 g/mol. The fourth-order valence-corrected chi connectivity index (χ4v) is 3.10. The third-order valence-electron chi connectivity index (χ3n) is 4.81. The van der Waals surface area contributed by atoms with Crippen LogP contribution in [0.1, 0.15) is 30.4 Å². The highest BCUT2D eigenvalue weighted by atomic mass is 16.5. The Morgan fingerprint density at radius 1 is 1.17 bits per heavy atom. The van der Waals surface area contributed by atoms with Gasteiger partial charge in [-0.3, -0.25) is 4.79 Å². The first-order chi connectivity index (χ1) is 14.4. The molecule has 1 amide bonds. The monoisotopic (exact) mass is 409 g/mol. The highest BCUT2D eigenvalue weighted by Crippen LogP contribution is 2.22. The minimum atomic E-state index is -0.583. The number of ether oxygens (including phenoxy) is 2. The van der Waals surface area contributed by atoms with E-state index >= 15 is 0 Å². The number of nitrogens with zero attached hydrogens (tertiary/aromatic N) is 3. The maximum atomic E-state index is 12.9. The van der Waals surface area contributed by atoms with E-state index in [1.807, 2.05) is 63.2 Å². The van der Waals surface area contributed by atoms with E-state index in [4.69, 9.17) is 14.0 Å². The number of hydrogen-bond acceptors (Lipinski definition) is 6. The van der Waals surface area contributed by atoms with Crippen LogP contribution in [-0.2, 0) is 11.3 Å². The third-order valence-corrected chi connectivity index (χ3v) is 4.81. The molecule has 30 heavy (non-hydrogen) atoms. The molecule has 0 aliphatic heterocycles. The van der Waals surface area contributed by atoms with Crippen LogP contribution in [0.25, 0.3) is 11.4 Å². The Hall–Kier alpha value is -3.35. The van der Waals surface area contributed by atoms with Crippen LogP contribution >= 0.6 is 0 Å². The van der Waals surface area contributed by atoms with E-state index in [1.165, 1.54) is 0 Å². The van der Waals surface area contributed by atoms with Gasteiger partial charge in [-0.25, -0.2) is 0 Å². The first-order valence-corrected chi connectivity index (χ1v) is 9.87. The van der Waals surface area contributed by atoms with Crippen molar-refractivity contribution in [2.45, 2.75) is 39.8 Å². The van der Waals surface area contributed by atoms with Crippen LogP contribution in [-0.4, -0.2) is 41.2 Å². The molecular weight excluding hydrogens is 382 g/mol. The molecule has 0 radical (unpaired) electrons. The van der Waals surface area contributed by atoms with Crippen LogP contribution in [0.5, 0.6) is 11.5 Å². The number of amides is 1. The predicted octanol–water partition coefficient (Wildman–Crippen LogP) is 4.18. The van der Waals surface area contributed by atoms with Gasteiger partial charge in [0.05, 0.1) is 13.7 Å². The zero-order valence-electron chi connectivity index (χ0n) is 18.0. The zero-order chi connectivity index (χ0) is 21.7. The lowest BCUT2D eigenvalue weighted by atomic mass is 10.1. The maximum absolute atomic E-state index is 12.9. The molecule has 3 aromatic rings. The first-order valence-electron chi connectivity index (χ1n) is 9.87. The van der Waals surface area contributed by atoms with E-state index < -0.39 is 6.10 Å². The van der Waals surface area contributed by atoms with Crippen LogP contribution in [0.15, 0.2) is 47.0 Å². The smallest absolute Gasteiger partial charge is 0.263 e. The summed E-state index contributed by atoms with van der Waals surface area (Å²) < 4.78 is 16.5. The van der Waals surface area contributed by atoms with Gasteiger partial charge in [0, 0.05) is 12.6 Å². The maximum Gasteiger partial charge on any atom is 0.263 e. The summed E-state index contributed by atoms with van der Waals surface area (Å²) in [4.78, 5) is 18.8. The molecule has 0 unspecified atom stereocenters. The van der Waals surface area contributed by atoms with E-state index in [0.29, 0.717) is 23.9 Å². The number of methoxy groups -OCH3 is 1. The number of carbonyl (C=O) groups is 1. The Bertz CT molecular complexity index is 998. The third kappa shape index (κ3) is 4.97. The Morgan fingerprint density at radius 2 is 1.90 bits per heavy atom. The van der Waals surface area contributed by atoms with E-state index in [1.54, 1.807) is 19.1 Å². The second kappa shape index (κ2) is 9.43. The van der Waals surface area contributed by atoms with Crippen LogP contribution < -0.4 is 9.47 Å². The highest BCUT2D eigenvalue weighted by Gasteiger charge is 2.24. The number of aromatic nitrogens is 2. The van der Waals surface area contributed by atoms with Gasteiger partial charge in [-0.2, -0.15) is 4.98 Å². The molecule has 0 saturated heterocycles. The number of hydrogen-bond donors (Lipinski definition) is 0. The number of aryl methyl sites for hydroxylation is 2. The van der Waals surface area contributed by atoms with Crippen molar-refractivity contribution in [3.63, 3.8) is 0 Å². The largest absolute Gasteiger partial charge is 0.497 e. The molecule has 0 bridgehead atoms. The van der Waals surface area contributed by atoms with Gasteiger partial charge in [0.25, 0.3) is 5.91 Å². The molecule has 0 aliphatic rings. The SMILES string of the molecule is CC[C@H](Oc1ccc(C)cc1C)C(=O)N(C)Cc1nc(-c2ccc(OC)cc2)no1. The Labute approximate surface area is 176 Å². The minimum absolute atomic E-state index is 0.137. The number of likely N-dealkylation sites (N-methyl/N-ethyl adjacent to an activating group) is 1. The molecule has 158 valence electrons. The van der Waals surface area contributed by atoms with Gasteiger partial charge in [-0.05, 0) is 56.2 Å². The zero-order valence-corrected chi connectivity index (χ0v) is 18.0. The molecule has 2 aromatic carbocycles. The van der Waals surface area contributed by atoms with E-state index in [0.717, 1.165) is 22.4 Å². The topological polar surface area (TPSA) is 77.7 Å². The average Bonchev–Trinajstić information content (AvgIpc) is 3.21. The molecule has 1 aromatic heterocycles. The summed E-state index contributed by atoms with van der Waals surface area (Å²) in [5, 5.41) is 4.01. The summed E-state index contributed by atoms with van der Waals surface area (Å²) in [6.07, 6.45) is -0.0300. The van der Waals surface area contributed by atoms with Gasteiger partial charge in [0.2, 0.25) is 11.7 Å². The molecule has 1 heterocycles. The Kier molecular flexibility index (Phi) is 6.72. The van der Waals surface area contributed by atoms with Gasteiger partial charge < -0.3 is 18.9 Å². The fourth-order valence-electron chi connectivity index (χ4n) is 3.10. The van der Waals surface area contributed by atoms with Crippen LogP contribution in [0.4, 0.5) is 0 Å². The quantitative estimate of drug-likeness (QED) is 0.555. The van der Waals surface area contributed by atoms with Crippen LogP contribution in [0.2, 0.25) is 0 Å². The fraction of sp³-hybridized carbons (Fsp3) is 0.348. The van der Waals surface area contributed by atoms with Gasteiger partial charge in [0.15, 0.2) is 6.10 Å². The van der Waals surface area contributed by atoms with Gasteiger partial charge in [-0.15, -0.1) is 0 Å². The van der Waals surface area contributed by atoms with E-state index in [9.17, 15) is 4.79 Å². The van der Waals surface area contributed by atoms with Gasteiger partial charge >= 0.3 is 0 Å². The lowest BCUT2D eigenvalue weighted by Gasteiger charge is -2.23. The molecule has 1 atom stereocenters. The lowest BCUT2D eigenvalue weighted by Crippen LogP contribution is -2.39. The molecule has 3 rings (SSSR count). The summed E-state index contributed by atoms with van der Waals surface area (Å²) in [5.41, 5.74) is 2.97.